The lowest BCUT2D eigenvalue weighted by molar-refractivity contribution is 0.0260. The molecule has 0 aliphatic carbocycles. The molecule has 2 N–H and O–H groups in total. The van der Waals surface area contributed by atoms with Crippen LogP contribution in [0.1, 0.15) is 23.3 Å². The lowest BCUT2D eigenvalue weighted by atomic mass is 10.1. The Balaban J connectivity index is 1.67. The highest BCUT2D eigenvalue weighted by atomic mass is 32.2. The third kappa shape index (κ3) is 4.42. The Kier molecular flexibility index (Phi) is 5.40. The maximum atomic E-state index is 11.6. The van der Waals surface area contributed by atoms with Crippen LogP contribution in [0.4, 0.5) is 0 Å². The molecule has 3 aromatic rings. The number of carbonyl (C=O) groups is 1. The summed E-state index contributed by atoms with van der Waals surface area (Å²) in [6, 6.07) is 11.0. The van der Waals surface area contributed by atoms with Crippen LogP contribution in [0.5, 0.6) is 17.2 Å². The summed E-state index contributed by atoms with van der Waals surface area (Å²) < 4.78 is 40.6. The Morgan fingerprint density at radius 2 is 1.80 bits per heavy atom. The molecule has 0 radical (unpaired) electrons. The van der Waals surface area contributed by atoms with Gasteiger partial charge in [0.15, 0.2) is 9.84 Å². The van der Waals surface area contributed by atoms with Crippen LogP contribution in [0.15, 0.2) is 47.4 Å². The predicted molar refractivity (Wildman–Crippen MR) is 109 cm³/mol. The molecule has 1 saturated heterocycles. The highest BCUT2D eigenvalue weighted by Gasteiger charge is 2.19. The Hall–Kier alpha value is -3.04. The first-order valence-electron chi connectivity index (χ1n) is 9.42. The Morgan fingerprint density at radius 3 is 2.43 bits per heavy atom. The van der Waals surface area contributed by atoms with Gasteiger partial charge in [0.1, 0.15) is 29.0 Å². The fourth-order valence-electron chi connectivity index (χ4n) is 3.32. The van der Waals surface area contributed by atoms with Crippen LogP contribution < -0.4 is 9.47 Å². The van der Waals surface area contributed by atoms with Gasteiger partial charge in [-0.15, -0.1) is 0 Å². The van der Waals surface area contributed by atoms with E-state index >= 15 is 0 Å². The van der Waals surface area contributed by atoms with Crippen molar-refractivity contribution in [3.8, 4) is 17.2 Å². The monoisotopic (exact) mass is 431 g/mol. The molecule has 158 valence electrons. The van der Waals surface area contributed by atoms with Gasteiger partial charge < -0.3 is 24.3 Å². The molecule has 1 fully saturated rings. The van der Waals surface area contributed by atoms with Gasteiger partial charge in [-0.1, -0.05) is 0 Å². The molecule has 2 heterocycles. The summed E-state index contributed by atoms with van der Waals surface area (Å²) in [4.78, 5) is 14.5. The lowest BCUT2D eigenvalue weighted by Gasteiger charge is -2.24. The van der Waals surface area contributed by atoms with E-state index in [9.17, 15) is 18.3 Å². The Morgan fingerprint density at radius 1 is 1.10 bits per heavy atom. The van der Waals surface area contributed by atoms with E-state index in [1.165, 1.54) is 18.2 Å². The third-order valence-electron chi connectivity index (χ3n) is 4.85. The second kappa shape index (κ2) is 8.00. The van der Waals surface area contributed by atoms with Crippen molar-refractivity contribution >= 4 is 26.7 Å². The summed E-state index contributed by atoms with van der Waals surface area (Å²) in [6.45, 7) is 1.23. The summed E-state index contributed by atoms with van der Waals surface area (Å²) >= 11 is 0. The molecular formula is C21H21NO7S. The van der Waals surface area contributed by atoms with Gasteiger partial charge in [0.2, 0.25) is 0 Å². The number of aromatic carboxylic acids is 1. The summed E-state index contributed by atoms with van der Waals surface area (Å²) in [7, 11) is -3.30. The zero-order valence-corrected chi connectivity index (χ0v) is 17.1. The van der Waals surface area contributed by atoms with E-state index in [1.807, 2.05) is 0 Å². The van der Waals surface area contributed by atoms with E-state index in [0.717, 1.165) is 19.1 Å². The Bertz CT molecular complexity index is 1180. The molecule has 9 heteroatoms. The predicted octanol–water partition coefficient (Wildman–Crippen LogP) is 3.62. The van der Waals surface area contributed by atoms with Crippen molar-refractivity contribution in [2.75, 3.05) is 19.5 Å². The van der Waals surface area contributed by atoms with Gasteiger partial charge in [-0.25, -0.2) is 13.2 Å². The summed E-state index contributed by atoms with van der Waals surface area (Å²) in [5.74, 6) is 0.331. The molecular weight excluding hydrogens is 410 g/mol. The molecule has 0 bridgehead atoms. The number of fused-ring (bicyclic) bond motifs is 1. The van der Waals surface area contributed by atoms with E-state index < -0.39 is 15.8 Å². The van der Waals surface area contributed by atoms with Gasteiger partial charge in [-0.3, -0.25) is 0 Å². The number of nitrogens with one attached hydrogen (secondary N) is 1. The maximum absolute atomic E-state index is 11.6. The minimum atomic E-state index is -3.30. The van der Waals surface area contributed by atoms with Crippen LogP contribution in [0, 0.1) is 0 Å². The normalized spacial score (nSPS) is 15.2. The summed E-state index contributed by atoms with van der Waals surface area (Å²) in [6.07, 6.45) is 2.59. The number of aromatic nitrogens is 1. The number of rotatable bonds is 6. The molecule has 0 amide bonds. The number of carboxylic acids is 1. The molecule has 8 nitrogen and oxygen atoms in total. The van der Waals surface area contributed by atoms with E-state index in [2.05, 4.69) is 4.98 Å². The van der Waals surface area contributed by atoms with Crippen molar-refractivity contribution in [2.24, 2.45) is 0 Å². The first kappa shape index (κ1) is 20.2. The maximum Gasteiger partial charge on any atom is 0.352 e. The quantitative estimate of drug-likeness (QED) is 0.612. The largest absolute Gasteiger partial charge is 0.488 e. The highest BCUT2D eigenvalue weighted by Crippen LogP contribution is 2.35. The van der Waals surface area contributed by atoms with Crippen LogP contribution in [0.3, 0.4) is 0 Å². The average molecular weight is 431 g/mol. The van der Waals surface area contributed by atoms with E-state index in [1.54, 1.807) is 24.3 Å². The van der Waals surface area contributed by atoms with Crippen LogP contribution in [-0.4, -0.2) is 50.1 Å². The minimum Gasteiger partial charge on any atom is -0.488 e. The summed E-state index contributed by atoms with van der Waals surface area (Å²) in [5, 5.41) is 9.96. The lowest BCUT2D eigenvalue weighted by Crippen LogP contribution is -2.25. The van der Waals surface area contributed by atoms with Gasteiger partial charge in [0, 0.05) is 30.6 Å². The summed E-state index contributed by atoms with van der Waals surface area (Å²) in [5.41, 5.74) is 0.634. The number of hydrogen-bond acceptors (Lipinski definition) is 6. The topological polar surface area (TPSA) is 115 Å². The van der Waals surface area contributed by atoms with Crippen molar-refractivity contribution in [3.63, 3.8) is 0 Å². The van der Waals surface area contributed by atoms with E-state index in [-0.39, 0.29) is 16.7 Å². The molecule has 1 aliphatic heterocycles. The number of ether oxygens (including phenoxy) is 3. The van der Waals surface area contributed by atoms with Gasteiger partial charge in [0.05, 0.1) is 23.6 Å². The second-order valence-corrected chi connectivity index (χ2v) is 9.16. The molecule has 1 aliphatic rings. The van der Waals surface area contributed by atoms with E-state index in [0.29, 0.717) is 41.4 Å². The van der Waals surface area contributed by atoms with Crippen molar-refractivity contribution in [2.45, 2.75) is 23.8 Å². The van der Waals surface area contributed by atoms with Crippen molar-refractivity contribution in [1.29, 1.82) is 0 Å². The third-order valence-corrected chi connectivity index (χ3v) is 5.97. The smallest absolute Gasteiger partial charge is 0.352 e. The molecule has 0 atom stereocenters. The van der Waals surface area contributed by atoms with Crippen molar-refractivity contribution in [3.05, 3.63) is 48.2 Å². The number of benzene rings is 2. The van der Waals surface area contributed by atoms with E-state index in [4.69, 9.17) is 14.2 Å². The fraction of sp³-hybridized carbons (Fsp3) is 0.286. The minimum absolute atomic E-state index is 0.0391. The van der Waals surface area contributed by atoms with Crippen LogP contribution in [0.2, 0.25) is 0 Å². The first-order valence-corrected chi connectivity index (χ1v) is 11.3. The molecule has 0 unspecified atom stereocenters. The first-order chi connectivity index (χ1) is 14.3. The van der Waals surface area contributed by atoms with Crippen LogP contribution in [-0.2, 0) is 14.6 Å². The SMILES string of the molecule is CS(=O)(=O)c1ccc(Oc2cc(OC3CCOCC3)c3[nH]c(C(=O)O)cc3c2)cc1. The molecule has 0 saturated carbocycles. The van der Waals surface area contributed by atoms with Crippen LogP contribution >= 0.6 is 0 Å². The number of H-pyrrole nitrogens is 1. The Labute approximate surface area is 173 Å². The van der Waals surface area contributed by atoms with Gasteiger partial charge in [-0.05, 0) is 36.4 Å². The number of aromatic amines is 1. The van der Waals surface area contributed by atoms with Gasteiger partial charge >= 0.3 is 5.97 Å². The molecule has 30 heavy (non-hydrogen) atoms. The molecule has 4 rings (SSSR count). The molecule has 1 aromatic heterocycles. The molecule has 2 aromatic carbocycles. The zero-order chi connectivity index (χ0) is 21.3. The number of carboxylic acid groups (broad SMARTS) is 1. The molecule has 0 spiro atoms. The van der Waals surface area contributed by atoms with Crippen molar-refractivity contribution in [1.82, 2.24) is 4.98 Å². The number of sulfone groups is 1. The standard InChI is InChI=1S/C21H21NO7S/c1-30(25,26)17-4-2-14(3-5-17)28-16-10-13-11-18(21(23)24)22-20(13)19(12-16)29-15-6-8-27-9-7-15/h2-5,10-12,15,22H,6-9H2,1H3,(H,23,24). The zero-order valence-electron chi connectivity index (χ0n) is 16.3. The fourth-order valence-corrected chi connectivity index (χ4v) is 3.95. The second-order valence-electron chi connectivity index (χ2n) is 7.15. The van der Waals surface area contributed by atoms with Gasteiger partial charge in [-0.2, -0.15) is 0 Å². The van der Waals surface area contributed by atoms with Crippen LogP contribution in [0.25, 0.3) is 10.9 Å². The average Bonchev–Trinajstić information content (AvgIpc) is 3.13. The highest BCUT2D eigenvalue weighted by molar-refractivity contribution is 7.90. The van der Waals surface area contributed by atoms with Crippen molar-refractivity contribution < 1.29 is 32.5 Å². The van der Waals surface area contributed by atoms with Gasteiger partial charge in [0.25, 0.3) is 0 Å². The number of hydrogen-bond donors (Lipinski definition) is 2.